The quantitative estimate of drug-likeness (QED) is 0.430. The summed E-state index contributed by atoms with van der Waals surface area (Å²) in [6.07, 6.45) is 1.44. The van der Waals surface area contributed by atoms with Gasteiger partial charge in [-0.2, -0.15) is 5.26 Å². The van der Waals surface area contributed by atoms with E-state index in [9.17, 15) is 10.1 Å². The normalized spacial score (nSPS) is 10.4. The van der Waals surface area contributed by atoms with Crippen LogP contribution in [0.4, 0.5) is 15.9 Å². The van der Waals surface area contributed by atoms with Gasteiger partial charge in [-0.3, -0.25) is 4.98 Å². The topological polar surface area (TPSA) is 97.6 Å². The monoisotopic (exact) mass is 410 g/mol. The summed E-state index contributed by atoms with van der Waals surface area (Å²) < 4.78 is 30.9. The number of rotatable bonds is 7. The number of methoxy groups -OCH3 is 2. The standard InChI is InChI=1S/C21H19FN4O4/c1-4-30-21(27)18-16(28-2)11-15(19(22)20(18)29-3)26(10-9-23)17-12-24-13-7-5-6-8-14(13)25-17/h5-8,11-12H,4,10H2,1-3H3. The number of anilines is 2. The van der Waals surface area contributed by atoms with Crippen molar-refractivity contribution in [3.05, 3.63) is 47.9 Å². The van der Waals surface area contributed by atoms with E-state index >= 15 is 4.39 Å². The predicted octanol–water partition coefficient (Wildman–Crippen LogP) is 3.62. The van der Waals surface area contributed by atoms with Gasteiger partial charge in [-0.05, 0) is 19.1 Å². The van der Waals surface area contributed by atoms with Crippen molar-refractivity contribution in [2.45, 2.75) is 6.92 Å². The lowest BCUT2D eigenvalue weighted by molar-refractivity contribution is 0.0518. The molecule has 1 heterocycles. The fraction of sp³-hybridized carbons (Fsp3) is 0.238. The van der Waals surface area contributed by atoms with Crippen LogP contribution >= 0.6 is 0 Å². The molecule has 0 aliphatic rings. The lowest BCUT2D eigenvalue weighted by Gasteiger charge is -2.24. The molecule has 0 N–H and O–H groups in total. The number of carbonyl (C=O) groups excluding carboxylic acids is 1. The number of aromatic nitrogens is 2. The molecule has 0 fully saturated rings. The van der Waals surface area contributed by atoms with Crippen LogP contribution in [0.25, 0.3) is 11.0 Å². The van der Waals surface area contributed by atoms with Crippen molar-refractivity contribution in [2.24, 2.45) is 0 Å². The van der Waals surface area contributed by atoms with E-state index in [4.69, 9.17) is 14.2 Å². The minimum absolute atomic E-state index is 0.0402. The highest BCUT2D eigenvalue weighted by Gasteiger charge is 2.29. The first-order chi connectivity index (χ1) is 14.5. The Morgan fingerprint density at radius 3 is 2.60 bits per heavy atom. The average molecular weight is 410 g/mol. The number of hydrogen-bond donors (Lipinski definition) is 0. The van der Waals surface area contributed by atoms with E-state index in [0.29, 0.717) is 11.0 Å². The van der Waals surface area contributed by atoms with Crippen molar-refractivity contribution in [2.75, 3.05) is 32.3 Å². The molecule has 0 saturated carbocycles. The number of ether oxygens (including phenoxy) is 3. The van der Waals surface area contributed by atoms with Crippen LogP contribution in [0.2, 0.25) is 0 Å². The number of esters is 1. The van der Waals surface area contributed by atoms with Gasteiger partial charge in [0.2, 0.25) is 0 Å². The fourth-order valence-corrected chi connectivity index (χ4v) is 2.98. The summed E-state index contributed by atoms with van der Waals surface area (Å²) in [7, 11) is 2.57. The third-order valence-electron chi connectivity index (χ3n) is 4.30. The van der Waals surface area contributed by atoms with Crippen molar-refractivity contribution in [3.8, 4) is 17.6 Å². The third kappa shape index (κ3) is 3.80. The smallest absolute Gasteiger partial charge is 0.345 e. The largest absolute Gasteiger partial charge is 0.496 e. The first-order valence-electron chi connectivity index (χ1n) is 9.03. The SMILES string of the molecule is CCOC(=O)c1c(OC)cc(N(CC#N)c2cnc3ccccc3n2)c(F)c1OC. The van der Waals surface area contributed by atoms with Gasteiger partial charge in [0.25, 0.3) is 0 Å². The van der Waals surface area contributed by atoms with E-state index in [0.717, 1.165) is 0 Å². The van der Waals surface area contributed by atoms with Gasteiger partial charge >= 0.3 is 5.97 Å². The molecule has 3 aromatic rings. The minimum Gasteiger partial charge on any atom is -0.496 e. The Morgan fingerprint density at radius 2 is 1.97 bits per heavy atom. The number of carbonyl (C=O) groups is 1. The van der Waals surface area contributed by atoms with Crippen LogP contribution < -0.4 is 14.4 Å². The summed E-state index contributed by atoms with van der Waals surface area (Å²) >= 11 is 0. The minimum atomic E-state index is -0.855. The number of benzene rings is 2. The van der Waals surface area contributed by atoms with Gasteiger partial charge in [-0.25, -0.2) is 14.2 Å². The molecule has 8 nitrogen and oxygen atoms in total. The van der Waals surface area contributed by atoms with Crippen LogP contribution in [0.15, 0.2) is 36.5 Å². The van der Waals surface area contributed by atoms with Crippen molar-refractivity contribution < 1.29 is 23.4 Å². The summed E-state index contributed by atoms with van der Waals surface area (Å²) in [5, 5.41) is 9.33. The Hall–Kier alpha value is -3.93. The molecule has 1 aromatic heterocycles. The van der Waals surface area contributed by atoms with Crippen LogP contribution in [0.5, 0.6) is 11.5 Å². The second-order valence-electron chi connectivity index (χ2n) is 6.00. The van der Waals surface area contributed by atoms with Crippen molar-refractivity contribution >= 4 is 28.5 Å². The molecule has 3 rings (SSSR count). The molecule has 0 saturated heterocycles. The maximum atomic E-state index is 15.4. The zero-order valence-corrected chi connectivity index (χ0v) is 16.7. The zero-order valence-electron chi connectivity index (χ0n) is 16.7. The Balaban J connectivity index is 2.21. The van der Waals surface area contributed by atoms with Crippen LogP contribution in [-0.4, -0.2) is 43.3 Å². The number of halogens is 1. The summed E-state index contributed by atoms with van der Waals surface area (Å²) in [4.78, 5) is 22.5. The highest BCUT2D eigenvalue weighted by atomic mass is 19.1. The van der Waals surface area contributed by atoms with Gasteiger partial charge in [0.1, 0.15) is 17.9 Å². The van der Waals surface area contributed by atoms with Crippen LogP contribution in [0, 0.1) is 17.1 Å². The van der Waals surface area contributed by atoms with E-state index in [1.807, 2.05) is 12.1 Å². The molecule has 30 heavy (non-hydrogen) atoms. The Kier molecular flexibility index (Phi) is 6.27. The van der Waals surface area contributed by atoms with E-state index in [-0.39, 0.29) is 41.7 Å². The maximum Gasteiger partial charge on any atom is 0.345 e. The van der Waals surface area contributed by atoms with Crippen LogP contribution in [0.1, 0.15) is 17.3 Å². The van der Waals surface area contributed by atoms with Crippen molar-refractivity contribution in [1.82, 2.24) is 9.97 Å². The Labute approximate surface area is 172 Å². The molecule has 2 aromatic carbocycles. The van der Waals surface area contributed by atoms with Gasteiger partial charge < -0.3 is 19.1 Å². The maximum absolute atomic E-state index is 15.4. The summed E-state index contributed by atoms with van der Waals surface area (Å²) in [5.74, 6) is -1.69. The van der Waals surface area contributed by atoms with Gasteiger partial charge in [0.15, 0.2) is 17.4 Å². The zero-order chi connectivity index (χ0) is 21.7. The number of nitrogens with zero attached hydrogens (tertiary/aromatic N) is 4. The number of hydrogen-bond acceptors (Lipinski definition) is 8. The summed E-state index contributed by atoms with van der Waals surface area (Å²) in [5.41, 5.74) is 1.01. The number of para-hydroxylation sites is 2. The molecule has 0 radical (unpaired) electrons. The van der Waals surface area contributed by atoms with Crippen LogP contribution in [0.3, 0.4) is 0 Å². The molecule has 9 heteroatoms. The summed E-state index contributed by atoms with van der Waals surface area (Å²) in [6.45, 7) is 1.51. The second kappa shape index (κ2) is 9.05. The first-order valence-corrected chi connectivity index (χ1v) is 9.03. The lowest BCUT2D eigenvalue weighted by atomic mass is 10.1. The molecule has 0 spiro atoms. The average Bonchev–Trinajstić information content (AvgIpc) is 2.77. The van der Waals surface area contributed by atoms with Crippen molar-refractivity contribution in [1.29, 1.82) is 5.26 Å². The van der Waals surface area contributed by atoms with Gasteiger partial charge in [0.05, 0.1) is 49.8 Å². The molecular formula is C21H19FN4O4. The highest BCUT2D eigenvalue weighted by Crippen LogP contribution is 2.40. The molecular weight excluding hydrogens is 391 g/mol. The molecule has 0 unspecified atom stereocenters. The van der Waals surface area contributed by atoms with E-state index in [2.05, 4.69) is 9.97 Å². The van der Waals surface area contributed by atoms with Gasteiger partial charge in [-0.1, -0.05) is 12.1 Å². The second-order valence-corrected chi connectivity index (χ2v) is 6.00. The molecule has 0 atom stereocenters. The third-order valence-corrected chi connectivity index (χ3v) is 4.30. The molecule has 154 valence electrons. The van der Waals surface area contributed by atoms with E-state index in [1.54, 1.807) is 25.1 Å². The number of nitriles is 1. The number of fused-ring (bicyclic) bond motifs is 1. The molecule has 0 aliphatic carbocycles. The molecule has 0 amide bonds. The van der Waals surface area contributed by atoms with Gasteiger partial charge in [-0.15, -0.1) is 0 Å². The Morgan fingerprint density at radius 1 is 1.23 bits per heavy atom. The van der Waals surface area contributed by atoms with Gasteiger partial charge in [0, 0.05) is 6.07 Å². The van der Waals surface area contributed by atoms with Crippen LogP contribution in [-0.2, 0) is 4.74 Å². The van der Waals surface area contributed by atoms with Crippen molar-refractivity contribution in [3.63, 3.8) is 0 Å². The summed E-state index contributed by atoms with van der Waals surface area (Å²) in [6, 6.07) is 10.5. The lowest BCUT2D eigenvalue weighted by Crippen LogP contribution is -2.21. The highest BCUT2D eigenvalue weighted by molar-refractivity contribution is 5.97. The van der Waals surface area contributed by atoms with E-state index in [1.165, 1.54) is 31.4 Å². The Bertz CT molecular complexity index is 1130. The predicted molar refractivity (Wildman–Crippen MR) is 108 cm³/mol. The van der Waals surface area contributed by atoms with E-state index < -0.39 is 11.8 Å². The molecule has 0 aliphatic heterocycles. The first kappa shape index (κ1) is 20.8. The molecule has 0 bridgehead atoms. The fourth-order valence-electron chi connectivity index (χ4n) is 2.98.